The number of amides is 3. The molecule has 2 heterocycles. The monoisotopic (exact) mass is 466 g/mol. The summed E-state index contributed by atoms with van der Waals surface area (Å²) in [6.45, 7) is 7.32. The summed E-state index contributed by atoms with van der Waals surface area (Å²) >= 11 is 0. The summed E-state index contributed by atoms with van der Waals surface area (Å²) in [4.78, 5) is 38.3. The Bertz CT molecular complexity index is 759. The third kappa shape index (κ3) is 9.22. The molecule has 2 fully saturated rings. The SMILES string of the molecule is COC[C@@H](N)C(=O)N1CC(C#N)C1.COC[C@@H](NC(=O)OC(C)(C)C)C(=O)N1CC(C#N)C1. The Labute approximate surface area is 194 Å². The van der Waals surface area contributed by atoms with Gasteiger partial charge in [-0.15, -0.1) is 0 Å². The zero-order valence-corrected chi connectivity index (χ0v) is 19.9. The van der Waals surface area contributed by atoms with Crippen LogP contribution in [-0.2, 0) is 23.8 Å². The van der Waals surface area contributed by atoms with Crippen molar-refractivity contribution in [2.75, 3.05) is 53.6 Å². The van der Waals surface area contributed by atoms with E-state index >= 15 is 0 Å². The van der Waals surface area contributed by atoms with Gasteiger partial charge in [-0.1, -0.05) is 0 Å². The van der Waals surface area contributed by atoms with Crippen molar-refractivity contribution >= 4 is 17.9 Å². The summed E-state index contributed by atoms with van der Waals surface area (Å²) in [5, 5.41) is 19.7. The van der Waals surface area contributed by atoms with Crippen LogP contribution in [0.1, 0.15) is 20.8 Å². The normalized spacial score (nSPS) is 17.7. The van der Waals surface area contributed by atoms with Crippen LogP contribution in [0.15, 0.2) is 0 Å². The molecule has 0 spiro atoms. The van der Waals surface area contributed by atoms with Gasteiger partial charge in [-0.25, -0.2) is 4.79 Å². The van der Waals surface area contributed by atoms with Crippen molar-refractivity contribution in [3.63, 3.8) is 0 Å². The molecule has 0 aromatic heterocycles. The molecule has 0 radical (unpaired) electrons. The van der Waals surface area contributed by atoms with Gasteiger partial charge in [0.2, 0.25) is 11.8 Å². The molecule has 2 aliphatic rings. The van der Waals surface area contributed by atoms with E-state index in [9.17, 15) is 14.4 Å². The predicted molar refractivity (Wildman–Crippen MR) is 116 cm³/mol. The van der Waals surface area contributed by atoms with Crippen molar-refractivity contribution in [3.05, 3.63) is 0 Å². The van der Waals surface area contributed by atoms with Crippen molar-refractivity contribution in [1.29, 1.82) is 10.5 Å². The third-order valence-corrected chi connectivity index (χ3v) is 4.74. The van der Waals surface area contributed by atoms with E-state index in [1.807, 2.05) is 0 Å². The molecule has 3 amide bonds. The highest BCUT2D eigenvalue weighted by Crippen LogP contribution is 2.16. The maximum Gasteiger partial charge on any atom is 0.408 e. The van der Waals surface area contributed by atoms with E-state index in [0.29, 0.717) is 26.2 Å². The van der Waals surface area contributed by atoms with E-state index in [4.69, 9.17) is 30.5 Å². The third-order valence-electron chi connectivity index (χ3n) is 4.74. The lowest BCUT2D eigenvalue weighted by molar-refractivity contribution is -0.140. The summed E-state index contributed by atoms with van der Waals surface area (Å²) in [5.41, 5.74) is 4.89. The van der Waals surface area contributed by atoms with Crippen molar-refractivity contribution in [3.8, 4) is 12.1 Å². The van der Waals surface area contributed by atoms with E-state index in [0.717, 1.165) is 0 Å². The molecule has 2 aliphatic heterocycles. The minimum atomic E-state index is -0.797. The number of nitrogens with one attached hydrogen (secondary N) is 1. The molecule has 12 nitrogen and oxygen atoms in total. The first-order valence-corrected chi connectivity index (χ1v) is 10.6. The number of nitrogens with zero attached hydrogens (tertiary/aromatic N) is 4. The number of hydrogen-bond acceptors (Lipinski definition) is 9. The summed E-state index contributed by atoms with van der Waals surface area (Å²) in [6, 6.07) is 2.79. The lowest BCUT2D eigenvalue weighted by atomic mass is 10.0. The zero-order chi connectivity index (χ0) is 25.2. The number of methoxy groups -OCH3 is 2. The fourth-order valence-electron chi connectivity index (χ4n) is 2.98. The van der Waals surface area contributed by atoms with Gasteiger partial charge in [0, 0.05) is 40.4 Å². The van der Waals surface area contributed by atoms with Crippen LogP contribution in [-0.4, -0.2) is 99.0 Å². The Kier molecular flexibility index (Phi) is 11.0. The maximum atomic E-state index is 12.1. The number of hydrogen-bond donors (Lipinski definition) is 2. The summed E-state index contributed by atoms with van der Waals surface area (Å²) in [7, 11) is 2.95. The van der Waals surface area contributed by atoms with Crippen molar-refractivity contribution < 1.29 is 28.6 Å². The number of carbonyl (C=O) groups excluding carboxylic acids is 3. The summed E-state index contributed by atoms with van der Waals surface area (Å²) < 4.78 is 14.8. The Morgan fingerprint density at radius 1 is 0.970 bits per heavy atom. The van der Waals surface area contributed by atoms with Gasteiger partial charge in [-0.3, -0.25) is 9.59 Å². The molecule has 184 valence electrons. The van der Waals surface area contributed by atoms with Crippen LogP contribution in [0.25, 0.3) is 0 Å². The summed E-state index contributed by atoms with van der Waals surface area (Å²) in [5.74, 6) is -0.528. The molecule has 0 bridgehead atoms. The first-order chi connectivity index (χ1) is 15.4. The Hall–Kier alpha value is -2.93. The Morgan fingerprint density at radius 3 is 1.82 bits per heavy atom. The minimum Gasteiger partial charge on any atom is -0.444 e. The van der Waals surface area contributed by atoms with Gasteiger partial charge in [0.15, 0.2) is 0 Å². The van der Waals surface area contributed by atoms with Crippen LogP contribution in [0.2, 0.25) is 0 Å². The van der Waals surface area contributed by atoms with Crippen molar-refractivity contribution in [2.45, 2.75) is 38.5 Å². The average Bonchev–Trinajstić information content (AvgIpc) is 2.65. The second-order valence-corrected chi connectivity index (χ2v) is 8.85. The van der Waals surface area contributed by atoms with Gasteiger partial charge in [0.1, 0.15) is 17.7 Å². The number of nitriles is 2. The molecular weight excluding hydrogens is 432 g/mol. The molecule has 3 N–H and O–H groups in total. The molecule has 12 heteroatoms. The number of carbonyl (C=O) groups is 3. The molecule has 2 rings (SSSR count). The highest BCUT2D eigenvalue weighted by Gasteiger charge is 2.36. The fourth-order valence-corrected chi connectivity index (χ4v) is 2.98. The molecule has 33 heavy (non-hydrogen) atoms. The molecule has 2 atom stereocenters. The van der Waals surface area contributed by atoms with E-state index in [2.05, 4.69) is 17.5 Å². The number of rotatable bonds is 7. The van der Waals surface area contributed by atoms with Crippen LogP contribution in [0.4, 0.5) is 4.79 Å². The van der Waals surface area contributed by atoms with E-state index in [1.54, 1.807) is 25.7 Å². The topological polar surface area (TPSA) is 171 Å². The molecule has 0 aromatic carbocycles. The highest BCUT2D eigenvalue weighted by atomic mass is 16.6. The lowest BCUT2D eigenvalue weighted by Crippen LogP contribution is -2.58. The predicted octanol–water partition coefficient (Wildman–Crippen LogP) is -0.550. The second-order valence-electron chi connectivity index (χ2n) is 8.85. The summed E-state index contributed by atoms with van der Waals surface area (Å²) in [6.07, 6.45) is -0.662. The maximum absolute atomic E-state index is 12.1. The second kappa shape index (κ2) is 12.9. The van der Waals surface area contributed by atoms with Crippen LogP contribution in [0.3, 0.4) is 0 Å². The number of likely N-dealkylation sites (tertiary alicyclic amines) is 2. The molecule has 0 aromatic rings. The van der Waals surface area contributed by atoms with Crippen LogP contribution < -0.4 is 11.1 Å². The van der Waals surface area contributed by atoms with Gasteiger partial charge >= 0.3 is 6.09 Å². The largest absolute Gasteiger partial charge is 0.444 e. The fraction of sp³-hybridized carbons (Fsp3) is 0.762. The van der Waals surface area contributed by atoms with Gasteiger partial charge in [0.25, 0.3) is 0 Å². The Morgan fingerprint density at radius 2 is 1.42 bits per heavy atom. The van der Waals surface area contributed by atoms with Gasteiger partial charge in [-0.05, 0) is 20.8 Å². The molecule has 0 aliphatic carbocycles. The smallest absolute Gasteiger partial charge is 0.408 e. The van der Waals surface area contributed by atoms with Crippen LogP contribution in [0.5, 0.6) is 0 Å². The molecular formula is C21H34N6O6. The van der Waals surface area contributed by atoms with E-state index in [-0.39, 0.29) is 36.9 Å². The Balaban J connectivity index is 0.000000361. The number of alkyl carbamates (subject to hydrolysis) is 1. The van der Waals surface area contributed by atoms with Crippen LogP contribution >= 0.6 is 0 Å². The van der Waals surface area contributed by atoms with Gasteiger partial charge in [-0.2, -0.15) is 10.5 Å². The highest BCUT2D eigenvalue weighted by molar-refractivity contribution is 5.86. The van der Waals surface area contributed by atoms with E-state index in [1.165, 1.54) is 19.1 Å². The number of ether oxygens (including phenoxy) is 3. The zero-order valence-electron chi connectivity index (χ0n) is 19.9. The standard InChI is InChI=1S/C13H21N3O4.C8H13N3O2/c1-13(2,3)20-12(18)15-10(8-19-4)11(17)16-6-9(5-14)7-16;1-13-5-7(10)8(12)11-3-6(2-9)4-11/h9-10H,6-8H2,1-4H3,(H,15,18);6-7H,3-5,10H2,1H3/t10-;7-/m11/s1. The molecule has 0 saturated carbocycles. The van der Waals surface area contributed by atoms with Crippen LogP contribution in [0, 0.1) is 34.5 Å². The number of nitrogens with two attached hydrogens (primary N) is 1. The molecule has 0 unspecified atom stereocenters. The first-order valence-electron chi connectivity index (χ1n) is 10.6. The quantitative estimate of drug-likeness (QED) is 0.499. The van der Waals surface area contributed by atoms with Gasteiger partial charge < -0.3 is 35.1 Å². The molecule has 2 saturated heterocycles. The van der Waals surface area contributed by atoms with Crippen molar-refractivity contribution in [1.82, 2.24) is 15.1 Å². The van der Waals surface area contributed by atoms with E-state index < -0.39 is 23.8 Å². The average molecular weight is 467 g/mol. The lowest BCUT2D eigenvalue weighted by Gasteiger charge is -2.37. The first kappa shape index (κ1) is 28.1. The minimum absolute atomic E-state index is 0.0151. The van der Waals surface area contributed by atoms with Gasteiger partial charge in [0.05, 0.1) is 37.2 Å². The van der Waals surface area contributed by atoms with Crippen molar-refractivity contribution in [2.24, 2.45) is 17.6 Å².